The predicted octanol–water partition coefficient (Wildman–Crippen LogP) is 0.894. The Morgan fingerprint density at radius 3 is 2.48 bits per heavy atom. The van der Waals surface area contributed by atoms with Crippen molar-refractivity contribution in [3.8, 4) is 0 Å². The summed E-state index contributed by atoms with van der Waals surface area (Å²) in [6.07, 6.45) is 2.36. The minimum Gasteiger partial charge on any atom is -0.480 e. The third kappa shape index (κ3) is 4.91. The van der Waals surface area contributed by atoms with Crippen molar-refractivity contribution in [3.05, 3.63) is 0 Å². The molecule has 7 nitrogen and oxygen atoms in total. The van der Waals surface area contributed by atoms with Crippen LogP contribution in [0, 0.1) is 0 Å². The summed E-state index contributed by atoms with van der Waals surface area (Å²) in [5, 5.41) is 11.8. The molecular formula is C14H25N3O4. The molecule has 0 aromatic heterocycles. The van der Waals surface area contributed by atoms with E-state index in [1.165, 1.54) is 4.90 Å². The van der Waals surface area contributed by atoms with Crippen LogP contribution in [0.4, 0.5) is 4.79 Å². The number of piperidine rings is 1. The molecule has 7 heteroatoms. The average Bonchev–Trinajstić information content (AvgIpc) is 2.48. The summed E-state index contributed by atoms with van der Waals surface area (Å²) >= 11 is 0. The second kappa shape index (κ2) is 8.49. The van der Waals surface area contributed by atoms with Gasteiger partial charge in [0.25, 0.3) is 0 Å². The van der Waals surface area contributed by atoms with Gasteiger partial charge in [-0.2, -0.15) is 0 Å². The van der Waals surface area contributed by atoms with Crippen LogP contribution in [0.15, 0.2) is 0 Å². The number of aliphatic carboxylic acids is 1. The van der Waals surface area contributed by atoms with Crippen LogP contribution < -0.4 is 5.32 Å². The molecule has 1 aliphatic rings. The van der Waals surface area contributed by atoms with Crippen LogP contribution in [0.3, 0.4) is 0 Å². The van der Waals surface area contributed by atoms with Gasteiger partial charge in [-0.1, -0.05) is 0 Å². The zero-order chi connectivity index (χ0) is 15.8. The largest absolute Gasteiger partial charge is 0.480 e. The fourth-order valence-electron chi connectivity index (χ4n) is 2.54. The normalized spacial score (nSPS) is 18.2. The van der Waals surface area contributed by atoms with Crippen molar-refractivity contribution in [3.63, 3.8) is 0 Å². The van der Waals surface area contributed by atoms with E-state index in [9.17, 15) is 14.4 Å². The number of carbonyl (C=O) groups is 3. The van der Waals surface area contributed by atoms with Crippen molar-refractivity contribution in [2.45, 2.75) is 45.6 Å². The molecule has 3 amide bonds. The molecule has 120 valence electrons. The molecular weight excluding hydrogens is 274 g/mol. The Hall–Kier alpha value is -1.79. The summed E-state index contributed by atoms with van der Waals surface area (Å²) < 4.78 is 0. The van der Waals surface area contributed by atoms with Crippen molar-refractivity contribution < 1.29 is 19.5 Å². The lowest BCUT2D eigenvalue weighted by Crippen LogP contribution is -2.52. The molecule has 0 bridgehead atoms. The highest BCUT2D eigenvalue weighted by Crippen LogP contribution is 2.17. The van der Waals surface area contributed by atoms with Gasteiger partial charge in [-0.25, -0.2) is 9.59 Å². The summed E-state index contributed by atoms with van der Waals surface area (Å²) in [6, 6.07) is -1.15. The molecule has 21 heavy (non-hydrogen) atoms. The highest BCUT2D eigenvalue weighted by Gasteiger charge is 2.31. The van der Waals surface area contributed by atoms with E-state index < -0.39 is 18.0 Å². The average molecular weight is 299 g/mol. The molecule has 1 aliphatic heterocycles. The smallest absolute Gasteiger partial charge is 0.326 e. The molecule has 0 radical (unpaired) electrons. The monoisotopic (exact) mass is 299 g/mol. The van der Waals surface area contributed by atoms with Crippen LogP contribution in [-0.2, 0) is 9.59 Å². The molecule has 1 rings (SSSR count). The van der Waals surface area contributed by atoms with Crippen molar-refractivity contribution in [2.75, 3.05) is 26.2 Å². The first-order valence-corrected chi connectivity index (χ1v) is 7.56. The predicted molar refractivity (Wildman–Crippen MR) is 77.9 cm³/mol. The third-order valence-electron chi connectivity index (χ3n) is 3.78. The lowest BCUT2D eigenvalue weighted by Gasteiger charge is -2.32. The number of carboxylic acids is 1. The maximum Gasteiger partial charge on any atom is 0.326 e. The van der Waals surface area contributed by atoms with E-state index in [0.29, 0.717) is 26.1 Å². The van der Waals surface area contributed by atoms with Gasteiger partial charge in [0.15, 0.2) is 0 Å². The number of hydrogen-bond donors (Lipinski definition) is 2. The molecule has 0 aromatic rings. The van der Waals surface area contributed by atoms with E-state index in [1.807, 2.05) is 13.8 Å². The number of nitrogens with one attached hydrogen (secondary N) is 1. The van der Waals surface area contributed by atoms with Crippen molar-refractivity contribution in [2.24, 2.45) is 0 Å². The van der Waals surface area contributed by atoms with E-state index in [0.717, 1.165) is 12.8 Å². The summed E-state index contributed by atoms with van der Waals surface area (Å²) in [5.41, 5.74) is 0. The first-order valence-electron chi connectivity index (χ1n) is 7.56. The second-order valence-electron chi connectivity index (χ2n) is 5.09. The van der Waals surface area contributed by atoms with E-state index in [1.54, 1.807) is 4.90 Å². The zero-order valence-electron chi connectivity index (χ0n) is 12.8. The number of urea groups is 1. The summed E-state index contributed by atoms with van der Waals surface area (Å²) in [6.45, 7) is 5.80. The van der Waals surface area contributed by atoms with Gasteiger partial charge in [0.05, 0.1) is 0 Å². The number of hydrogen-bond acceptors (Lipinski definition) is 3. The first-order chi connectivity index (χ1) is 10.0. The highest BCUT2D eigenvalue weighted by atomic mass is 16.4. The lowest BCUT2D eigenvalue weighted by atomic mass is 10.0. The van der Waals surface area contributed by atoms with E-state index >= 15 is 0 Å². The maximum atomic E-state index is 12.0. The van der Waals surface area contributed by atoms with E-state index in [-0.39, 0.29) is 18.9 Å². The quantitative estimate of drug-likeness (QED) is 0.762. The van der Waals surface area contributed by atoms with Gasteiger partial charge in [0, 0.05) is 32.6 Å². The Morgan fingerprint density at radius 1 is 1.24 bits per heavy atom. The summed E-state index contributed by atoms with van der Waals surface area (Å²) in [5.74, 6) is -0.974. The van der Waals surface area contributed by atoms with Gasteiger partial charge in [0.1, 0.15) is 6.04 Å². The lowest BCUT2D eigenvalue weighted by molar-refractivity contribution is -0.143. The summed E-state index contributed by atoms with van der Waals surface area (Å²) in [4.78, 5) is 38.0. The maximum absolute atomic E-state index is 12.0. The Labute approximate surface area is 125 Å². The molecule has 1 unspecified atom stereocenters. The number of nitrogens with zero attached hydrogens (tertiary/aromatic N) is 2. The van der Waals surface area contributed by atoms with Gasteiger partial charge in [-0.05, 0) is 33.1 Å². The number of rotatable bonds is 6. The van der Waals surface area contributed by atoms with Gasteiger partial charge < -0.3 is 20.2 Å². The minimum absolute atomic E-state index is 0.00581. The highest BCUT2D eigenvalue weighted by molar-refractivity contribution is 5.83. The molecule has 0 spiro atoms. The Kier molecular flexibility index (Phi) is 6.98. The van der Waals surface area contributed by atoms with Gasteiger partial charge in [-0.15, -0.1) is 0 Å². The number of amides is 3. The molecule has 1 saturated heterocycles. The van der Waals surface area contributed by atoms with Crippen LogP contribution in [0.25, 0.3) is 0 Å². The molecule has 2 N–H and O–H groups in total. The minimum atomic E-state index is -0.968. The summed E-state index contributed by atoms with van der Waals surface area (Å²) in [7, 11) is 0. The molecule has 1 heterocycles. The van der Waals surface area contributed by atoms with Crippen LogP contribution in [0.2, 0.25) is 0 Å². The van der Waals surface area contributed by atoms with Gasteiger partial charge in [0.2, 0.25) is 5.91 Å². The van der Waals surface area contributed by atoms with Crippen LogP contribution in [0.1, 0.15) is 39.5 Å². The van der Waals surface area contributed by atoms with Gasteiger partial charge >= 0.3 is 12.0 Å². The van der Waals surface area contributed by atoms with E-state index in [4.69, 9.17) is 5.11 Å². The van der Waals surface area contributed by atoms with E-state index in [2.05, 4.69) is 5.32 Å². The fourth-order valence-corrected chi connectivity index (χ4v) is 2.54. The molecule has 1 fully saturated rings. The Morgan fingerprint density at radius 2 is 1.90 bits per heavy atom. The molecule has 1 atom stereocenters. The van der Waals surface area contributed by atoms with Crippen LogP contribution >= 0.6 is 0 Å². The second-order valence-corrected chi connectivity index (χ2v) is 5.09. The SMILES string of the molecule is CCN(CC)C(=O)CCNC(=O)N1CCCCC1C(=O)O. The molecule has 0 aliphatic carbocycles. The standard InChI is InChI=1S/C14H25N3O4/c1-3-16(4-2)12(18)8-9-15-14(21)17-10-6-5-7-11(17)13(19)20/h11H,3-10H2,1-2H3,(H,15,21)(H,19,20). The van der Waals surface area contributed by atoms with Crippen molar-refractivity contribution in [1.82, 2.24) is 15.1 Å². The topological polar surface area (TPSA) is 90.0 Å². The third-order valence-corrected chi connectivity index (χ3v) is 3.78. The first kappa shape index (κ1) is 17.3. The number of carbonyl (C=O) groups excluding carboxylic acids is 2. The van der Waals surface area contributed by atoms with Crippen LogP contribution in [-0.4, -0.2) is 65.0 Å². The zero-order valence-corrected chi connectivity index (χ0v) is 12.8. The fraction of sp³-hybridized carbons (Fsp3) is 0.786. The van der Waals surface area contributed by atoms with Crippen LogP contribution in [0.5, 0.6) is 0 Å². The molecule has 0 saturated carbocycles. The van der Waals surface area contributed by atoms with Gasteiger partial charge in [-0.3, -0.25) is 4.79 Å². The Balaban J connectivity index is 2.42. The molecule has 0 aromatic carbocycles. The van der Waals surface area contributed by atoms with Crippen molar-refractivity contribution >= 4 is 17.9 Å². The van der Waals surface area contributed by atoms with Crippen molar-refractivity contribution in [1.29, 1.82) is 0 Å². The number of likely N-dealkylation sites (tertiary alicyclic amines) is 1. The number of carboxylic acid groups (broad SMARTS) is 1. The Bertz CT molecular complexity index is 382.